The van der Waals surface area contributed by atoms with Crippen molar-refractivity contribution < 1.29 is 9.32 Å². The Kier molecular flexibility index (Phi) is 3.59. The first-order valence-electron chi connectivity index (χ1n) is 8.30. The molecule has 1 aromatic carbocycles. The fraction of sp³-hybridized carbons (Fsp3) is 0.389. The summed E-state index contributed by atoms with van der Waals surface area (Å²) in [5.74, 6) is 1.79. The Morgan fingerprint density at radius 2 is 2.17 bits per heavy atom. The van der Waals surface area contributed by atoms with Crippen molar-refractivity contribution in [2.45, 2.75) is 32.6 Å². The van der Waals surface area contributed by atoms with Crippen molar-refractivity contribution in [1.82, 2.24) is 20.0 Å². The van der Waals surface area contributed by atoms with Gasteiger partial charge in [0.15, 0.2) is 0 Å². The fourth-order valence-corrected chi connectivity index (χ4v) is 3.50. The molecule has 0 unspecified atom stereocenters. The van der Waals surface area contributed by atoms with Gasteiger partial charge in [0.05, 0.1) is 16.7 Å². The number of H-pyrrole nitrogens is 1. The number of rotatable bonds is 2. The smallest absolute Gasteiger partial charge is 0.259 e. The second kappa shape index (κ2) is 5.78. The second-order valence-corrected chi connectivity index (χ2v) is 6.43. The molecule has 1 amide bonds. The van der Waals surface area contributed by atoms with Crippen LogP contribution in [-0.4, -0.2) is 39.0 Å². The van der Waals surface area contributed by atoms with E-state index in [0.717, 1.165) is 36.2 Å². The molecule has 1 N–H and O–H groups in total. The standard InChI is InChI=1S/C18H20N4O2/c1-11-16(12(2)24-21-11)18(23)22-9-5-6-13(10-22)17-19-14-7-3-4-8-15(14)20-17/h3-4,7-8,13H,5-6,9-10H2,1-2H3,(H,19,20)/t13-/m1/s1. The zero-order chi connectivity index (χ0) is 16.7. The van der Waals surface area contributed by atoms with E-state index in [2.05, 4.69) is 10.1 Å². The topological polar surface area (TPSA) is 75.0 Å². The summed E-state index contributed by atoms with van der Waals surface area (Å²) < 4.78 is 5.14. The number of nitrogens with one attached hydrogen (secondary N) is 1. The highest BCUT2D eigenvalue weighted by Gasteiger charge is 2.30. The molecule has 6 heteroatoms. The molecule has 0 spiro atoms. The van der Waals surface area contributed by atoms with Gasteiger partial charge in [0.25, 0.3) is 5.91 Å². The van der Waals surface area contributed by atoms with Crippen LogP contribution in [0.15, 0.2) is 28.8 Å². The first kappa shape index (κ1) is 14.9. The average molecular weight is 324 g/mol. The molecule has 1 atom stereocenters. The summed E-state index contributed by atoms with van der Waals surface area (Å²) >= 11 is 0. The summed E-state index contributed by atoms with van der Waals surface area (Å²) in [6.45, 7) is 5.03. The molecule has 124 valence electrons. The number of amides is 1. The number of benzene rings is 1. The molecule has 0 bridgehead atoms. The molecule has 6 nitrogen and oxygen atoms in total. The number of carbonyl (C=O) groups excluding carboxylic acids is 1. The molecule has 3 aromatic rings. The van der Waals surface area contributed by atoms with Crippen LogP contribution < -0.4 is 0 Å². The lowest BCUT2D eigenvalue weighted by atomic mass is 9.96. The SMILES string of the molecule is Cc1noc(C)c1C(=O)N1CCC[C@@H](c2nc3ccccc3[nH]2)C1. The highest BCUT2D eigenvalue weighted by molar-refractivity contribution is 5.96. The molecule has 4 rings (SSSR count). The van der Waals surface area contributed by atoms with Crippen LogP contribution in [0.2, 0.25) is 0 Å². The van der Waals surface area contributed by atoms with Gasteiger partial charge in [-0.2, -0.15) is 0 Å². The third kappa shape index (κ3) is 2.48. The quantitative estimate of drug-likeness (QED) is 0.785. The Hall–Kier alpha value is -2.63. The van der Waals surface area contributed by atoms with E-state index in [0.29, 0.717) is 23.6 Å². The fourth-order valence-electron chi connectivity index (χ4n) is 3.50. The number of aromatic amines is 1. The number of piperidine rings is 1. The van der Waals surface area contributed by atoms with Gasteiger partial charge in [-0.3, -0.25) is 4.79 Å². The Labute approximate surface area is 139 Å². The number of carbonyl (C=O) groups is 1. The number of para-hydroxylation sites is 2. The lowest BCUT2D eigenvalue weighted by molar-refractivity contribution is 0.0702. The van der Waals surface area contributed by atoms with E-state index in [1.165, 1.54) is 0 Å². The molecular weight excluding hydrogens is 304 g/mol. The van der Waals surface area contributed by atoms with Crippen molar-refractivity contribution in [3.63, 3.8) is 0 Å². The normalized spacial score (nSPS) is 18.2. The van der Waals surface area contributed by atoms with E-state index in [1.807, 2.05) is 36.1 Å². The lowest BCUT2D eigenvalue weighted by Gasteiger charge is -2.31. The molecule has 1 aliphatic rings. The number of nitrogens with zero attached hydrogens (tertiary/aromatic N) is 3. The van der Waals surface area contributed by atoms with Crippen LogP contribution in [0.1, 0.15) is 46.4 Å². The monoisotopic (exact) mass is 324 g/mol. The highest BCUT2D eigenvalue weighted by atomic mass is 16.5. The first-order valence-corrected chi connectivity index (χ1v) is 8.30. The van der Waals surface area contributed by atoms with Gasteiger partial charge in [0, 0.05) is 19.0 Å². The van der Waals surface area contributed by atoms with Crippen LogP contribution in [0, 0.1) is 13.8 Å². The predicted molar refractivity (Wildman–Crippen MR) is 89.9 cm³/mol. The van der Waals surface area contributed by atoms with Crippen molar-refractivity contribution in [1.29, 1.82) is 0 Å². The van der Waals surface area contributed by atoms with Gasteiger partial charge in [0.2, 0.25) is 0 Å². The van der Waals surface area contributed by atoms with Gasteiger partial charge in [-0.25, -0.2) is 4.98 Å². The number of aromatic nitrogens is 3. The zero-order valence-electron chi connectivity index (χ0n) is 13.9. The minimum atomic E-state index is 0.00654. The Balaban J connectivity index is 1.58. The van der Waals surface area contributed by atoms with E-state index < -0.39 is 0 Å². The van der Waals surface area contributed by atoms with E-state index in [-0.39, 0.29) is 11.8 Å². The van der Waals surface area contributed by atoms with Crippen molar-refractivity contribution in [2.24, 2.45) is 0 Å². The molecule has 0 saturated carbocycles. The summed E-state index contributed by atoms with van der Waals surface area (Å²) in [6, 6.07) is 8.02. The van der Waals surface area contributed by atoms with Crippen LogP contribution in [-0.2, 0) is 0 Å². The van der Waals surface area contributed by atoms with Gasteiger partial charge in [-0.1, -0.05) is 17.3 Å². The van der Waals surface area contributed by atoms with Crippen LogP contribution in [0.4, 0.5) is 0 Å². The maximum absolute atomic E-state index is 12.8. The number of aryl methyl sites for hydroxylation is 2. The number of likely N-dealkylation sites (tertiary alicyclic amines) is 1. The van der Waals surface area contributed by atoms with Crippen LogP contribution in [0.25, 0.3) is 11.0 Å². The maximum Gasteiger partial charge on any atom is 0.259 e. The van der Waals surface area contributed by atoms with Crippen LogP contribution in [0.3, 0.4) is 0 Å². The van der Waals surface area contributed by atoms with Gasteiger partial charge >= 0.3 is 0 Å². The second-order valence-electron chi connectivity index (χ2n) is 6.43. The number of hydrogen-bond acceptors (Lipinski definition) is 4. The summed E-state index contributed by atoms with van der Waals surface area (Å²) in [6.07, 6.45) is 2.00. The van der Waals surface area contributed by atoms with Crippen molar-refractivity contribution in [3.8, 4) is 0 Å². The third-order valence-electron chi connectivity index (χ3n) is 4.75. The molecule has 0 aliphatic carbocycles. The number of hydrogen-bond donors (Lipinski definition) is 1. The molecule has 2 aromatic heterocycles. The largest absolute Gasteiger partial charge is 0.361 e. The van der Waals surface area contributed by atoms with Crippen molar-refractivity contribution in [3.05, 3.63) is 47.1 Å². The minimum absolute atomic E-state index is 0.00654. The third-order valence-corrected chi connectivity index (χ3v) is 4.75. The number of fused-ring (bicyclic) bond motifs is 1. The molecule has 1 saturated heterocycles. The van der Waals surface area contributed by atoms with Gasteiger partial charge in [-0.05, 0) is 38.8 Å². The molecule has 3 heterocycles. The predicted octanol–water partition coefficient (Wildman–Crippen LogP) is 3.19. The van der Waals surface area contributed by atoms with Gasteiger partial charge in [0.1, 0.15) is 17.1 Å². The number of imidazole rings is 1. The molecule has 1 fully saturated rings. The molecule has 24 heavy (non-hydrogen) atoms. The average Bonchev–Trinajstić information content (AvgIpc) is 3.18. The Morgan fingerprint density at radius 1 is 1.33 bits per heavy atom. The van der Waals surface area contributed by atoms with Crippen LogP contribution >= 0.6 is 0 Å². The highest BCUT2D eigenvalue weighted by Crippen LogP contribution is 2.28. The van der Waals surface area contributed by atoms with E-state index in [4.69, 9.17) is 9.51 Å². The lowest BCUT2D eigenvalue weighted by Crippen LogP contribution is -2.39. The van der Waals surface area contributed by atoms with E-state index in [9.17, 15) is 4.79 Å². The Bertz CT molecular complexity index is 843. The van der Waals surface area contributed by atoms with Crippen molar-refractivity contribution >= 4 is 16.9 Å². The summed E-state index contributed by atoms with van der Waals surface area (Å²) in [4.78, 5) is 22.8. The van der Waals surface area contributed by atoms with Gasteiger partial charge in [-0.15, -0.1) is 0 Å². The van der Waals surface area contributed by atoms with Crippen LogP contribution in [0.5, 0.6) is 0 Å². The van der Waals surface area contributed by atoms with Crippen molar-refractivity contribution in [2.75, 3.05) is 13.1 Å². The minimum Gasteiger partial charge on any atom is -0.361 e. The van der Waals surface area contributed by atoms with E-state index >= 15 is 0 Å². The van der Waals surface area contributed by atoms with Gasteiger partial charge < -0.3 is 14.4 Å². The molecular formula is C18H20N4O2. The Morgan fingerprint density at radius 3 is 2.92 bits per heavy atom. The summed E-state index contributed by atoms with van der Waals surface area (Å²) in [5.41, 5.74) is 3.27. The summed E-state index contributed by atoms with van der Waals surface area (Å²) in [7, 11) is 0. The maximum atomic E-state index is 12.8. The van der Waals surface area contributed by atoms with E-state index in [1.54, 1.807) is 6.92 Å². The first-order chi connectivity index (χ1) is 11.6. The molecule has 1 aliphatic heterocycles. The summed E-state index contributed by atoms with van der Waals surface area (Å²) in [5, 5.41) is 3.90. The molecule has 0 radical (unpaired) electrons. The zero-order valence-corrected chi connectivity index (χ0v) is 13.9.